The molecule has 0 radical (unpaired) electrons. The summed E-state index contributed by atoms with van der Waals surface area (Å²) in [7, 11) is 0. The molecule has 2 heterocycles. The van der Waals surface area contributed by atoms with Crippen molar-refractivity contribution in [2.24, 2.45) is 0 Å². The highest BCUT2D eigenvalue weighted by Crippen LogP contribution is 2.13. The molecule has 3 rings (SSSR count). The number of nitrogens with zero attached hydrogens (tertiary/aromatic N) is 3. The van der Waals surface area contributed by atoms with Gasteiger partial charge in [0.1, 0.15) is 5.82 Å². The van der Waals surface area contributed by atoms with Crippen molar-refractivity contribution >= 4 is 17.1 Å². The van der Waals surface area contributed by atoms with E-state index in [-0.39, 0.29) is 22.8 Å². The standard InChI is InChI=1S/C13H12FN5O/c1-7-2-3-8(4-9(7)14)5-19-6-16-10-11(19)17-13(15)18-12(10)20/h2-4,6H,5H2,1H3,(H3,15,17,18,20). The molecule has 2 aromatic heterocycles. The van der Waals surface area contributed by atoms with Gasteiger partial charge >= 0.3 is 0 Å². The Hall–Kier alpha value is -2.70. The van der Waals surface area contributed by atoms with Gasteiger partial charge in [0.15, 0.2) is 11.2 Å². The van der Waals surface area contributed by atoms with E-state index in [0.717, 1.165) is 5.56 Å². The van der Waals surface area contributed by atoms with Crippen LogP contribution in [0.25, 0.3) is 11.2 Å². The van der Waals surface area contributed by atoms with Crippen molar-refractivity contribution < 1.29 is 4.39 Å². The van der Waals surface area contributed by atoms with E-state index in [9.17, 15) is 9.18 Å². The van der Waals surface area contributed by atoms with Crippen LogP contribution in [0.5, 0.6) is 0 Å². The molecule has 102 valence electrons. The average molecular weight is 273 g/mol. The van der Waals surface area contributed by atoms with Crippen molar-refractivity contribution in [1.82, 2.24) is 19.5 Å². The lowest BCUT2D eigenvalue weighted by molar-refractivity contribution is 0.614. The maximum atomic E-state index is 13.5. The molecular weight excluding hydrogens is 261 g/mol. The molecular formula is C13H12FN5O. The number of hydrogen-bond donors (Lipinski definition) is 2. The van der Waals surface area contributed by atoms with E-state index in [0.29, 0.717) is 17.8 Å². The molecule has 6 nitrogen and oxygen atoms in total. The smallest absolute Gasteiger partial charge is 0.280 e. The van der Waals surface area contributed by atoms with Crippen molar-refractivity contribution in [3.8, 4) is 0 Å². The van der Waals surface area contributed by atoms with Gasteiger partial charge in [-0.1, -0.05) is 12.1 Å². The zero-order valence-corrected chi connectivity index (χ0v) is 10.7. The first-order valence-corrected chi connectivity index (χ1v) is 6.00. The molecule has 0 fully saturated rings. The Balaban J connectivity index is 2.06. The number of nitrogens with two attached hydrogens (primary N) is 1. The SMILES string of the molecule is Cc1ccc(Cn2cnc3c(=O)[nH]c(N)nc32)cc1F. The third kappa shape index (κ3) is 2.03. The van der Waals surface area contributed by atoms with Crippen LogP contribution in [-0.2, 0) is 6.54 Å². The van der Waals surface area contributed by atoms with Crippen molar-refractivity contribution in [2.45, 2.75) is 13.5 Å². The number of aryl methyl sites for hydroxylation is 1. The van der Waals surface area contributed by atoms with Gasteiger partial charge in [-0.05, 0) is 24.1 Å². The van der Waals surface area contributed by atoms with Gasteiger partial charge in [0, 0.05) is 0 Å². The van der Waals surface area contributed by atoms with Gasteiger partial charge in [0.25, 0.3) is 5.56 Å². The van der Waals surface area contributed by atoms with E-state index in [4.69, 9.17) is 5.73 Å². The van der Waals surface area contributed by atoms with Crippen molar-refractivity contribution in [3.63, 3.8) is 0 Å². The molecule has 3 aromatic rings. The van der Waals surface area contributed by atoms with E-state index in [1.165, 1.54) is 12.4 Å². The van der Waals surface area contributed by atoms with E-state index in [1.54, 1.807) is 17.6 Å². The van der Waals surface area contributed by atoms with E-state index in [1.807, 2.05) is 6.07 Å². The van der Waals surface area contributed by atoms with Gasteiger partial charge in [-0.15, -0.1) is 0 Å². The summed E-state index contributed by atoms with van der Waals surface area (Å²) in [5.41, 5.74) is 7.07. The topological polar surface area (TPSA) is 89.6 Å². The molecule has 0 atom stereocenters. The minimum atomic E-state index is -0.388. The summed E-state index contributed by atoms with van der Waals surface area (Å²) in [5.74, 6) is -0.239. The summed E-state index contributed by atoms with van der Waals surface area (Å²) in [6.07, 6.45) is 1.49. The zero-order valence-electron chi connectivity index (χ0n) is 10.7. The van der Waals surface area contributed by atoms with Gasteiger partial charge in [-0.3, -0.25) is 9.78 Å². The Morgan fingerprint density at radius 1 is 1.45 bits per heavy atom. The lowest BCUT2D eigenvalue weighted by Gasteiger charge is -2.05. The third-order valence-electron chi connectivity index (χ3n) is 3.08. The Labute approximate surface area is 113 Å². The van der Waals surface area contributed by atoms with Gasteiger partial charge < -0.3 is 10.3 Å². The molecule has 0 bridgehead atoms. The molecule has 0 amide bonds. The summed E-state index contributed by atoms with van der Waals surface area (Å²) >= 11 is 0. The lowest BCUT2D eigenvalue weighted by Crippen LogP contribution is -2.12. The first kappa shape index (κ1) is 12.3. The third-order valence-corrected chi connectivity index (χ3v) is 3.08. The van der Waals surface area contributed by atoms with Crippen LogP contribution in [0, 0.1) is 12.7 Å². The fourth-order valence-electron chi connectivity index (χ4n) is 2.02. The maximum Gasteiger partial charge on any atom is 0.280 e. The molecule has 0 saturated heterocycles. The largest absolute Gasteiger partial charge is 0.369 e. The Kier molecular flexibility index (Phi) is 2.74. The minimum Gasteiger partial charge on any atom is -0.369 e. The van der Waals surface area contributed by atoms with Gasteiger partial charge in [-0.2, -0.15) is 4.98 Å². The zero-order chi connectivity index (χ0) is 14.3. The predicted molar refractivity (Wildman–Crippen MR) is 72.8 cm³/mol. The number of H-pyrrole nitrogens is 1. The molecule has 0 aliphatic heterocycles. The van der Waals surface area contributed by atoms with Crippen LogP contribution < -0.4 is 11.3 Å². The molecule has 1 aromatic carbocycles. The van der Waals surface area contributed by atoms with Crippen LogP contribution in [-0.4, -0.2) is 19.5 Å². The second kappa shape index (κ2) is 4.44. The number of nitrogens with one attached hydrogen (secondary N) is 1. The van der Waals surface area contributed by atoms with Crippen LogP contribution in [0.3, 0.4) is 0 Å². The normalized spacial score (nSPS) is 11.1. The fourth-order valence-corrected chi connectivity index (χ4v) is 2.02. The van der Waals surface area contributed by atoms with Crippen molar-refractivity contribution in [1.29, 1.82) is 0 Å². The average Bonchev–Trinajstić information content (AvgIpc) is 2.77. The van der Waals surface area contributed by atoms with E-state index in [2.05, 4.69) is 15.0 Å². The highest BCUT2D eigenvalue weighted by Gasteiger charge is 2.10. The summed E-state index contributed by atoms with van der Waals surface area (Å²) < 4.78 is 15.2. The van der Waals surface area contributed by atoms with Gasteiger partial charge in [0.2, 0.25) is 5.95 Å². The maximum absolute atomic E-state index is 13.5. The number of aromatic nitrogens is 4. The number of imidazole rings is 1. The molecule has 0 saturated carbocycles. The molecule has 0 unspecified atom stereocenters. The second-order valence-corrected chi connectivity index (χ2v) is 4.58. The number of fused-ring (bicyclic) bond motifs is 1. The summed E-state index contributed by atoms with van der Waals surface area (Å²) in [6.45, 7) is 2.07. The number of benzene rings is 1. The summed E-state index contributed by atoms with van der Waals surface area (Å²) in [6, 6.07) is 4.98. The van der Waals surface area contributed by atoms with Crippen LogP contribution >= 0.6 is 0 Å². The van der Waals surface area contributed by atoms with Crippen LogP contribution in [0.2, 0.25) is 0 Å². The van der Waals surface area contributed by atoms with Crippen LogP contribution in [0.1, 0.15) is 11.1 Å². The quantitative estimate of drug-likeness (QED) is 0.734. The Morgan fingerprint density at radius 3 is 3.00 bits per heavy atom. The molecule has 20 heavy (non-hydrogen) atoms. The van der Waals surface area contributed by atoms with Crippen LogP contribution in [0.15, 0.2) is 29.3 Å². The molecule has 0 aliphatic carbocycles. The number of rotatable bonds is 2. The first-order chi connectivity index (χ1) is 9.54. The number of nitrogen functional groups attached to an aromatic ring is 1. The van der Waals surface area contributed by atoms with E-state index < -0.39 is 0 Å². The fraction of sp³-hybridized carbons (Fsp3) is 0.154. The Bertz CT molecular complexity index is 852. The number of aromatic amines is 1. The first-order valence-electron chi connectivity index (χ1n) is 6.00. The lowest BCUT2D eigenvalue weighted by atomic mass is 10.1. The highest BCUT2D eigenvalue weighted by atomic mass is 19.1. The second-order valence-electron chi connectivity index (χ2n) is 4.58. The van der Waals surface area contributed by atoms with Crippen molar-refractivity contribution in [3.05, 3.63) is 51.8 Å². The van der Waals surface area contributed by atoms with Crippen molar-refractivity contribution in [2.75, 3.05) is 5.73 Å². The molecule has 0 aliphatic rings. The summed E-state index contributed by atoms with van der Waals surface area (Å²) in [4.78, 5) is 22.1. The van der Waals surface area contributed by atoms with E-state index >= 15 is 0 Å². The summed E-state index contributed by atoms with van der Waals surface area (Å²) in [5, 5.41) is 0. The Morgan fingerprint density at radius 2 is 2.25 bits per heavy atom. The molecule has 3 N–H and O–H groups in total. The molecule has 0 spiro atoms. The number of hydrogen-bond acceptors (Lipinski definition) is 4. The number of halogens is 1. The van der Waals surface area contributed by atoms with Gasteiger partial charge in [0.05, 0.1) is 12.9 Å². The molecule has 7 heteroatoms. The minimum absolute atomic E-state index is 0.0272. The predicted octanol–water partition coefficient (Wildman–Crippen LogP) is 1.20. The monoisotopic (exact) mass is 273 g/mol. The number of anilines is 1. The highest BCUT2D eigenvalue weighted by molar-refractivity contribution is 5.70. The van der Waals surface area contributed by atoms with Gasteiger partial charge in [-0.25, -0.2) is 9.37 Å². The van der Waals surface area contributed by atoms with Crippen LogP contribution in [0.4, 0.5) is 10.3 Å².